The molecule has 40 heavy (non-hydrogen) atoms. The van der Waals surface area contributed by atoms with Crippen molar-refractivity contribution in [1.82, 2.24) is 0 Å². The number of carbonyl (C=O) groups excluding carboxylic acids is 4. The number of alkyl halides is 9. The fourth-order valence-corrected chi connectivity index (χ4v) is 3.90. The molecule has 0 saturated carbocycles. The maximum atomic E-state index is 14.2. The van der Waals surface area contributed by atoms with Crippen LogP contribution in [0.4, 0.5) is 50.9 Å². The van der Waals surface area contributed by atoms with E-state index in [1.807, 2.05) is 6.92 Å². The SMILES string of the molecule is CCCCCC(=O)Nc1ccc(NC(=O)C(F)(F)C(F)(F)C(F)(F)C(F)(F)F)c2c1C(=O)c1ccccc1C2=O. The van der Waals surface area contributed by atoms with Gasteiger partial charge in [0.05, 0.1) is 22.5 Å². The van der Waals surface area contributed by atoms with E-state index in [0.717, 1.165) is 23.9 Å². The maximum absolute atomic E-state index is 14.2. The summed E-state index contributed by atoms with van der Waals surface area (Å²) in [6.45, 7) is 1.87. The Labute approximate surface area is 219 Å². The van der Waals surface area contributed by atoms with Crippen LogP contribution in [0, 0.1) is 0 Å². The number of rotatable bonds is 9. The largest absolute Gasteiger partial charge is 0.460 e. The first-order valence-electron chi connectivity index (χ1n) is 11.6. The molecule has 0 spiro atoms. The molecule has 2 amide bonds. The van der Waals surface area contributed by atoms with E-state index >= 15 is 0 Å². The number of anilines is 2. The molecule has 0 aromatic heterocycles. The van der Waals surface area contributed by atoms with Crippen molar-refractivity contribution in [3.8, 4) is 0 Å². The minimum atomic E-state index is -7.32. The lowest BCUT2D eigenvalue weighted by molar-refractivity contribution is -0.388. The molecule has 6 nitrogen and oxygen atoms in total. The summed E-state index contributed by atoms with van der Waals surface area (Å²) in [5, 5.41) is 3.45. The van der Waals surface area contributed by atoms with Crippen LogP contribution in [0.2, 0.25) is 0 Å². The summed E-state index contributed by atoms with van der Waals surface area (Å²) in [6, 6.07) is 6.50. The summed E-state index contributed by atoms with van der Waals surface area (Å²) in [4.78, 5) is 50.9. The molecular weight excluding hydrogens is 563 g/mol. The molecule has 2 aromatic rings. The summed E-state index contributed by atoms with van der Waals surface area (Å²) >= 11 is 0. The van der Waals surface area contributed by atoms with Crippen molar-refractivity contribution in [2.75, 3.05) is 10.6 Å². The average molecular weight is 582 g/mol. The molecule has 1 aliphatic carbocycles. The minimum absolute atomic E-state index is 0.0193. The van der Waals surface area contributed by atoms with Crippen LogP contribution in [0.3, 0.4) is 0 Å². The molecule has 0 unspecified atom stereocenters. The molecule has 1 aliphatic rings. The lowest BCUT2D eigenvalue weighted by atomic mass is 9.82. The summed E-state index contributed by atoms with van der Waals surface area (Å²) in [7, 11) is 0. The van der Waals surface area contributed by atoms with E-state index in [0.29, 0.717) is 18.9 Å². The number of benzene rings is 2. The van der Waals surface area contributed by atoms with Crippen molar-refractivity contribution >= 4 is 34.8 Å². The first-order valence-corrected chi connectivity index (χ1v) is 11.6. The quantitative estimate of drug-likeness (QED) is 0.226. The summed E-state index contributed by atoms with van der Waals surface area (Å²) in [5.41, 5.74) is -3.41. The Bertz CT molecular complexity index is 1370. The number of hydrogen-bond donors (Lipinski definition) is 2. The molecular formula is C25H19F9N2O4. The highest BCUT2D eigenvalue weighted by Crippen LogP contribution is 2.53. The standard InChI is InChI=1S/C25H19F9N2O4/c1-2-3-4-9-16(37)35-14-10-11-15(18-17(14)19(38)12-7-5-6-8-13(12)20(18)39)36-21(40)22(26,27)23(28,29)24(30,31)25(32,33)34/h5-8,10-11H,2-4,9H2,1H3,(H,35,37)(H,36,40). The Morgan fingerprint density at radius 2 is 1.18 bits per heavy atom. The van der Waals surface area contributed by atoms with E-state index in [1.165, 1.54) is 18.2 Å². The van der Waals surface area contributed by atoms with Gasteiger partial charge >= 0.3 is 29.9 Å². The molecule has 15 heteroatoms. The van der Waals surface area contributed by atoms with Gasteiger partial charge in [-0.1, -0.05) is 44.0 Å². The highest BCUT2D eigenvalue weighted by atomic mass is 19.4. The first kappa shape index (κ1) is 30.6. The molecule has 0 radical (unpaired) electrons. The second-order valence-corrected chi connectivity index (χ2v) is 8.79. The summed E-state index contributed by atoms with van der Waals surface area (Å²) < 4.78 is 120. The number of fused-ring (bicyclic) bond motifs is 2. The Morgan fingerprint density at radius 1 is 0.700 bits per heavy atom. The third-order valence-electron chi connectivity index (χ3n) is 6.04. The zero-order valence-electron chi connectivity index (χ0n) is 20.3. The van der Waals surface area contributed by atoms with Crippen LogP contribution in [-0.2, 0) is 9.59 Å². The predicted octanol–water partition coefficient (Wildman–Crippen LogP) is 6.39. The van der Waals surface area contributed by atoms with Crippen molar-refractivity contribution in [3.05, 3.63) is 58.7 Å². The van der Waals surface area contributed by atoms with Gasteiger partial charge in [0.2, 0.25) is 5.91 Å². The predicted molar refractivity (Wildman–Crippen MR) is 122 cm³/mol. The van der Waals surface area contributed by atoms with Gasteiger partial charge < -0.3 is 10.6 Å². The van der Waals surface area contributed by atoms with Crippen LogP contribution >= 0.6 is 0 Å². The van der Waals surface area contributed by atoms with Crippen LogP contribution < -0.4 is 10.6 Å². The first-order chi connectivity index (χ1) is 18.4. The second kappa shape index (κ2) is 10.6. The zero-order valence-corrected chi connectivity index (χ0v) is 20.3. The monoisotopic (exact) mass is 582 g/mol. The van der Waals surface area contributed by atoms with Crippen LogP contribution in [0.1, 0.15) is 64.4 Å². The van der Waals surface area contributed by atoms with Gasteiger partial charge in [-0.25, -0.2) is 0 Å². The van der Waals surface area contributed by atoms with Crippen molar-refractivity contribution in [1.29, 1.82) is 0 Å². The van der Waals surface area contributed by atoms with Gasteiger partial charge in [0.25, 0.3) is 0 Å². The lowest BCUT2D eigenvalue weighted by Gasteiger charge is -2.33. The van der Waals surface area contributed by atoms with Crippen LogP contribution in [0.5, 0.6) is 0 Å². The molecule has 2 aromatic carbocycles. The van der Waals surface area contributed by atoms with Crippen LogP contribution in [0.15, 0.2) is 36.4 Å². The van der Waals surface area contributed by atoms with E-state index < -0.39 is 64.1 Å². The third kappa shape index (κ3) is 5.04. The molecule has 216 valence electrons. The molecule has 0 saturated heterocycles. The highest BCUT2D eigenvalue weighted by molar-refractivity contribution is 6.32. The van der Waals surface area contributed by atoms with E-state index in [4.69, 9.17) is 0 Å². The Morgan fingerprint density at radius 3 is 1.62 bits per heavy atom. The number of unbranched alkanes of at least 4 members (excludes halogenated alkanes) is 2. The lowest BCUT2D eigenvalue weighted by Crippen LogP contribution is -2.64. The molecule has 0 fully saturated rings. The Hall–Kier alpha value is -3.91. The smallest absolute Gasteiger partial charge is 0.325 e. The summed E-state index contributed by atoms with van der Waals surface area (Å²) in [6.07, 6.45) is -5.29. The molecule has 2 N–H and O–H groups in total. The molecule has 0 heterocycles. The number of amides is 2. The van der Waals surface area contributed by atoms with Crippen LogP contribution in [0.25, 0.3) is 0 Å². The average Bonchev–Trinajstić information content (AvgIpc) is 2.87. The maximum Gasteiger partial charge on any atom is 0.460 e. The highest BCUT2D eigenvalue weighted by Gasteiger charge is 2.83. The number of nitrogens with one attached hydrogen (secondary N) is 2. The fourth-order valence-electron chi connectivity index (χ4n) is 3.90. The second-order valence-electron chi connectivity index (χ2n) is 8.79. The molecule has 0 atom stereocenters. The topological polar surface area (TPSA) is 92.3 Å². The Balaban J connectivity index is 2.09. The van der Waals surface area contributed by atoms with Gasteiger partial charge in [-0.05, 0) is 18.6 Å². The number of hydrogen-bond acceptors (Lipinski definition) is 4. The van der Waals surface area contributed by atoms with Gasteiger partial charge in [-0.3, -0.25) is 19.2 Å². The molecule has 0 aliphatic heterocycles. The number of halogens is 9. The number of ketones is 2. The molecule has 3 rings (SSSR count). The van der Waals surface area contributed by atoms with Gasteiger partial charge in [0, 0.05) is 17.5 Å². The van der Waals surface area contributed by atoms with E-state index in [-0.39, 0.29) is 23.2 Å². The fraction of sp³-hybridized carbons (Fsp3) is 0.360. The Kier molecular flexibility index (Phi) is 8.10. The van der Waals surface area contributed by atoms with Crippen LogP contribution in [-0.4, -0.2) is 47.3 Å². The molecule has 0 bridgehead atoms. The van der Waals surface area contributed by atoms with Crippen molar-refractivity contribution in [2.45, 2.75) is 56.6 Å². The van der Waals surface area contributed by atoms with Gasteiger partial charge in [-0.2, -0.15) is 39.5 Å². The van der Waals surface area contributed by atoms with Crippen molar-refractivity contribution in [2.24, 2.45) is 0 Å². The van der Waals surface area contributed by atoms with E-state index in [9.17, 15) is 58.7 Å². The van der Waals surface area contributed by atoms with Crippen molar-refractivity contribution in [3.63, 3.8) is 0 Å². The number of carbonyl (C=O) groups is 4. The van der Waals surface area contributed by atoms with Gasteiger partial charge in [-0.15, -0.1) is 0 Å². The van der Waals surface area contributed by atoms with Gasteiger partial charge in [0.15, 0.2) is 11.6 Å². The zero-order chi connectivity index (χ0) is 30.3. The van der Waals surface area contributed by atoms with E-state index in [2.05, 4.69) is 5.32 Å². The van der Waals surface area contributed by atoms with Crippen molar-refractivity contribution < 1.29 is 58.7 Å². The van der Waals surface area contributed by atoms with E-state index in [1.54, 1.807) is 0 Å². The summed E-state index contributed by atoms with van der Waals surface area (Å²) in [5.74, 6) is -27.2. The third-order valence-corrected chi connectivity index (χ3v) is 6.04. The van der Waals surface area contributed by atoms with Gasteiger partial charge in [0.1, 0.15) is 0 Å². The normalized spacial score (nSPS) is 13.9. The minimum Gasteiger partial charge on any atom is -0.325 e.